The molecule has 2 aromatic carbocycles. The van der Waals surface area contributed by atoms with Gasteiger partial charge < -0.3 is 15.2 Å². The summed E-state index contributed by atoms with van der Waals surface area (Å²) in [4.78, 5) is 25.5. The number of rotatable bonds is 6. The van der Waals surface area contributed by atoms with Crippen molar-refractivity contribution < 1.29 is 36.6 Å². The number of aliphatic hydroxyl groups is 1. The summed E-state index contributed by atoms with van der Waals surface area (Å²) in [6.07, 6.45) is -7.32. The Morgan fingerprint density at radius 3 is 2.36 bits per heavy atom. The quantitative estimate of drug-likeness (QED) is 0.459. The zero-order valence-electron chi connectivity index (χ0n) is 19.2. The Kier molecular flexibility index (Phi) is 7.19. The minimum Gasteiger partial charge on any atom is -0.480 e. The van der Waals surface area contributed by atoms with Crippen molar-refractivity contribution in [3.63, 3.8) is 0 Å². The maximum Gasteiger partial charge on any atom is 0.425 e. The van der Waals surface area contributed by atoms with Crippen molar-refractivity contribution in [3.05, 3.63) is 68.9 Å². The van der Waals surface area contributed by atoms with E-state index in [9.17, 15) is 32.3 Å². The zero-order chi connectivity index (χ0) is 27.2. The van der Waals surface area contributed by atoms with Gasteiger partial charge in [0.25, 0.3) is 5.91 Å². The molecule has 8 nitrogen and oxygen atoms in total. The van der Waals surface area contributed by atoms with Crippen LogP contribution in [0, 0.1) is 11.6 Å². The Labute approximate surface area is 205 Å². The Morgan fingerprint density at radius 1 is 1.19 bits per heavy atom. The number of halogens is 6. The first-order chi connectivity index (χ1) is 16.5. The highest BCUT2D eigenvalue weighted by molar-refractivity contribution is 6.34. The van der Waals surface area contributed by atoms with Crippen molar-refractivity contribution in [1.82, 2.24) is 14.3 Å². The minimum atomic E-state index is -4.87. The lowest BCUT2D eigenvalue weighted by Gasteiger charge is -2.20. The molecule has 0 aliphatic rings. The van der Waals surface area contributed by atoms with Crippen LogP contribution >= 0.6 is 11.6 Å². The SMILES string of the molecule is CC(Oc1cc(-n2nc(C(C)(C)O)n(C)c2=O)c(F)cc1C(=O)Nc1c(F)cccc1Cl)C(F)(F)F. The topological polar surface area (TPSA) is 98.4 Å². The predicted molar refractivity (Wildman–Crippen MR) is 120 cm³/mol. The monoisotopic (exact) mass is 534 g/mol. The fourth-order valence-electron chi connectivity index (χ4n) is 3.16. The van der Waals surface area contributed by atoms with Gasteiger partial charge in [-0.3, -0.25) is 9.36 Å². The lowest BCUT2D eigenvalue weighted by Crippen LogP contribution is -2.32. The molecule has 194 valence electrons. The number of carbonyl (C=O) groups excluding carboxylic acids is 1. The third-order valence-corrected chi connectivity index (χ3v) is 5.33. The first-order valence-corrected chi connectivity index (χ1v) is 10.6. The highest BCUT2D eigenvalue weighted by Gasteiger charge is 2.39. The molecule has 0 saturated carbocycles. The smallest absolute Gasteiger partial charge is 0.425 e. The van der Waals surface area contributed by atoms with Crippen molar-refractivity contribution in [3.8, 4) is 11.4 Å². The van der Waals surface area contributed by atoms with E-state index in [4.69, 9.17) is 16.3 Å². The molecule has 3 aromatic rings. The molecule has 0 fully saturated rings. The summed E-state index contributed by atoms with van der Waals surface area (Å²) in [6.45, 7) is 3.28. The minimum absolute atomic E-state index is 0.172. The Hall–Kier alpha value is -3.45. The molecule has 0 aliphatic carbocycles. The van der Waals surface area contributed by atoms with Crippen LogP contribution in [0.25, 0.3) is 5.69 Å². The van der Waals surface area contributed by atoms with Gasteiger partial charge in [0.2, 0.25) is 0 Å². The molecule has 0 saturated heterocycles. The molecule has 1 aromatic heterocycles. The normalized spacial score (nSPS) is 13.0. The van der Waals surface area contributed by atoms with Crippen LogP contribution in [0.15, 0.2) is 35.1 Å². The van der Waals surface area contributed by atoms with Gasteiger partial charge in [0.1, 0.15) is 28.7 Å². The van der Waals surface area contributed by atoms with E-state index >= 15 is 4.39 Å². The van der Waals surface area contributed by atoms with Gasteiger partial charge in [-0.05, 0) is 39.0 Å². The van der Waals surface area contributed by atoms with Crippen molar-refractivity contribution in [2.75, 3.05) is 5.32 Å². The van der Waals surface area contributed by atoms with Crippen LogP contribution in [0.1, 0.15) is 37.0 Å². The van der Waals surface area contributed by atoms with E-state index in [0.29, 0.717) is 23.7 Å². The zero-order valence-corrected chi connectivity index (χ0v) is 20.0. The van der Waals surface area contributed by atoms with Gasteiger partial charge >= 0.3 is 11.9 Å². The molecule has 1 heterocycles. The molecule has 0 radical (unpaired) electrons. The molecule has 1 atom stereocenters. The average molecular weight is 535 g/mol. The van der Waals surface area contributed by atoms with E-state index in [1.54, 1.807) is 0 Å². The molecule has 3 rings (SSSR count). The van der Waals surface area contributed by atoms with E-state index < -0.39 is 63.8 Å². The molecule has 0 bridgehead atoms. The van der Waals surface area contributed by atoms with E-state index in [2.05, 4.69) is 10.4 Å². The van der Waals surface area contributed by atoms with Gasteiger partial charge in [0.15, 0.2) is 11.9 Å². The van der Waals surface area contributed by atoms with Crippen LogP contribution in [0.2, 0.25) is 5.02 Å². The number of nitrogens with one attached hydrogen (secondary N) is 1. The summed E-state index contributed by atoms with van der Waals surface area (Å²) >= 11 is 5.87. The van der Waals surface area contributed by atoms with Gasteiger partial charge in [0.05, 0.1) is 16.3 Å². The van der Waals surface area contributed by atoms with Gasteiger partial charge in [-0.25, -0.2) is 13.6 Å². The van der Waals surface area contributed by atoms with E-state index in [-0.39, 0.29) is 10.8 Å². The maximum atomic E-state index is 15.1. The summed E-state index contributed by atoms with van der Waals surface area (Å²) in [7, 11) is 1.25. The number of para-hydroxylation sites is 1. The van der Waals surface area contributed by atoms with Crippen molar-refractivity contribution in [2.24, 2.45) is 7.05 Å². The third-order valence-electron chi connectivity index (χ3n) is 5.02. The van der Waals surface area contributed by atoms with Crippen LogP contribution in [0.4, 0.5) is 27.6 Å². The summed E-state index contributed by atoms with van der Waals surface area (Å²) in [5.41, 5.74) is -4.44. The molecule has 1 unspecified atom stereocenters. The molecule has 2 N–H and O–H groups in total. The van der Waals surface area contributed by atoms with Crippen LogP contribution in [0.3, 0.4) is 0 Å². The standard InChI is InChI=1S/C22H20ClF5N4O4/c1-10(22(26,27)28)36-16-9-15(32-20(34)31(4)19(30-32)21(2,3)35)14(25)8-11(16)18(33)29-17-12(23)6-5-7-13(17)24/h5-10,35H,1-4H3,(H,29,33). The summed E-state index contributed by atoms with van der Waals surface area (Å²) in [5.74, 6) is -4.37. The molecule has 0 spiro atoms. The average Bonchev–Trinajstić information content (AvgIpc) is 3.05. The highest BCUT2D eigenvalue weighted by Crippen LogP contribution is 2.32. The predicted octanol–water partition coefficient (Wildman–Crippen LogP) is 4.31. The van der Waals surface area contributed by atoms with Crippen molar-refractivity contribution >= 4 is 23.2 Å². The van der Waals surface area contributed by atoms with Gasteiger partial charge in [0, 0.05) is 13.1 Å². The second-order valence-corrected chi connectivity index (χ2v) is 8.70. The van der Waals surface area contributed by atoms with Gasteiger partial charge in [-0.15, -0.1) is 5.10 Å². The molecular formula is C22H20ClF5N4O4. The second-order valence-electron chi connectivity index (χ2n) is 8.29. The molecule has 14 heteroatoms. The van der Waals surface area contributed by atoms with Gasteiger partial charge in [-0.2, -0.15) is 17.9 Å². The first kappa shape index (κ1) is 27.1. The number of hydrogen-bond acceptors (Lipinski definition) is 5. The Balaban J connectivity index is 2.18. The number of alkyl halides is 3. The Morgan fingerprint density at radius 2 is 1.83 bits per heavy atom. The molecule has 1 amide bonds. The number of carbonyl (C=O) groups is 1. The number of ether oxygens (including phenoxy) is 1. The molecular weight excluding hydrogens is 515 g/mol. The molecule has 36 heavy (non-hydrogen) atoms. The Bertz CT molecular complexity index is 1360. The lowest BCUT2D eigenvalue weighted by atomic mass is 10.1. The number of hydrogen-bond donors (Lipinski definition) is 2. The fraction of sp³-hybridized carbons (Fsp3) is 0.318. The third kappa shape index (κ3) is 5.36. The summed E-state index contributed by atoms with van der Waals surface area (Å²) in [6, 6.07) is 4.68. The van der Waals surface area contributed by atoms with Gasteiger partial charge in [-0.1, -0.05) is 17.7 Å². The van der Waals surface area contributed by atoms with Crippen LogP contribution in [0.5, 0.6) is 5.75 Å². The molecule has 0 aliphatic heterocycles. The number of nitrogens with zero attached hydrogens (tertiary/aromatic N) is 3. The summed E-state index contributed by atoms with van der Waals surface area (Å²) < 4.78 is 75.2. The number of amides is 1. The highest BCUT2D eigenvalue weighted by atomic mass is 35.5. The summed E-state index contributed by atoms with van der Waals surface area (Å²) in [5, 5.41) is 16.0. The fourth-order valence-corrected chi connectivity index (χ4v) is 3.37. The van der Waals surface area contributed by atoms with E-state index in [0.717, 1.165) is 10.6 Å². The largest absolute Gasteiger partial charge is 0.480 e. The number of anilines is 1. The van der Waals surface area contributed by atoms with Crippen LogP contribution in [-0.4, -0.2) is 37.6 Å². The van der Waals surface area contributed by atoms with Crippen LogP contribution < -0.4 is 15.7 Å². The second kappa shape index (κ2) is 9.54. The van der Waals surface area contributed by atoms with E-state index in [1.165, 1.54) is 33.0 Å². The lowest BCUT2D eigenvalue weighted by molar-refractivity contribution is -0.189. The van der Waals surface area contributed by atoms with Crippen molar-refractivity contribution in [2.45, 2.75) is 38.7 Å². The number of benzene rings is 2. The first-order valence-electron chi connectivity index (χ1n) is 10.2. The van der Waals surface area contributed by atoms with Crippen molar-refractivity contribution in [1.29, 1.82) is 0 Å². The number of aromatic nitrogens is 3. The van der Waals surface area contributed by atoms with Crippen LogP contribution in [-0.2, 0) is 12.6 Å². The maximum absolute atomic E-state index is 15.1. The van der Waals surface area contributed by atoms with E-state index in [1.807, 2.05) is 0 Å².